The number of halogens is 1. The molecule has 0 spiro atoms. The molecule has 3 heterocycles. The van der Waals surface area contributed by atoms with Crippen LogP contribution < -0.4 is 18.9 Å². The van der Waals surface area contributed by atoms with Crippen molar-refractivity contribution >= 4 is 29.4 Å². The molecule has 59 heavy (non-hydrogen) atoms. The van der Waals surface area contributed by atoms with Crippen LogP contribution in [0, 0.1) is 18.3 Å². The molecule has 1 N–H and O–H groups in total. The molecule has 4 aromatic rings. The van der Waals surface area contributed by atoms with E-state index in [-0.39, 0.29) is 43.9 Å². The van der Waals surface area contributed by atoms with Gasteiger partial charge in [0.2, 0.25) is 11.8 Å². The first-order valence-electron chi connectivity index (χ1n) is 20.2. The van der Waals surface area contributed by atoms with Crippen molar-refractivity contribution in [3.63, 3.8) is 0 Å². The van der Waals surface area contributed by atoms with E-state index >= 15 is 0 Å². The van der Waals surface area contributed by atoms with Gasteiger partial charge in [-0.25, -0.2) is 0 Å². The number of piperazine rings is 1. The molecule has 1 atom stereocenters. The molecule has 0 saturated carbocycles. The molecule has 0 bridgehead atoms. The highest BCUT2D eigenvalue weighted by Gasteiger charge is 2.34. The number of likely N-dealkylation sites (tertiary alicyclic amines) is 1. The van der Waals surface area contributed by atoms with Crippen LogP contribution in [0.3, 0.4) is 0 Å². The highest BCUT2D eigenvalue weighted by Crippen LogP contribution is 2.38. The van der Waals surface area contributed by atoms with E-state index < -0.39 is 5.97 Å². The number of piperidine rings is 1. The van der Waals surface area contributed by atoms with E-state index in [0.29, 0.717) is 80.9 Å². The lowest BCUT2D eigenvalue weighted by Gasteiger charge is -2.41. The molecule has 0 aromatic heterocycles. The van der Waals surface area contributed by atoms with Gasteiger partial charge in [0.15, 0.2) is 11.5 Å². The largest absolute Gasteiger partial charge is 0.488 e. The Labute approximate surface area is 349 Å². The molecule has 3 aliphatic heterocycles. The minimum absolute atomic E-state index is 0.0396. The average Bonchev–Trinajstić information content (AvgIpc) is 3.26. The molecule has 2 amide bonds. The molecular weight excluding hydrogens is 772 g/mol. The van der Waals surface area contributed by atoms with Gasteiger partial charge < -0.3 is 33.9 Å². The number of rotatable bonds is 14. The number of amides is 2. The third-order valence-corrected chi connectivity index (χ3v) is 11.5. The number of ether oxygens (including phenoxy) is 4. The monoisotopic (exact) mass is 820 g/mol. The van der Waals surface area contributed by atoms with Crippen LogP contribution in [0.2, 0.25) is 5.02 Å². The zero-order valence-electron chi connectivity index (χ0n) is 33.3. The van der Waals surface area contributed by atoms with Gasteiger partial charge in [0.05, 0.1) is 22.7 Å². The smallest absolute Gasteiger partial charge is 0.303 e. The van der Waals surface area contributed by atoms with Crippen molar-refractivity contribution in [2.45, 2.75) is 71.2 Å². The lowest BCUT2D eigenvalue weighted by molar-refractivity contribution is -0.144. The van der Waals surface area contributed by atoms with Crippen molar-refractivity contribution in [3.05, 3.63) is 106 Å². The lowest BCUT2D eigenvalue weighted by Crippen LogP contribution is -2.56. The fourth-order valence-electron chi connectivity index (χ4n) is 7.97. The SMILES string of the molecule is Cc1c(COc2cc(OCc3cccc(C#N)c3)c(CN3CCCCC3C(=O)N3CCN(C(=O)CCCC(=O)O)CC3)cc2Cl)cccc1-c1ccc2c(c1)OCCO2. The van der Waals surface area contributed by atoms with Crippen molar-refractivity contribution in [1.29, 1.82) is 5.26 Å². The first-order valence-corrected chi connectivity index (χ1v) is 20.6. The van der Waals surface area contributed by atoms with Gasteiger partial charge in [-0.1, -0.05) is 54.4 Å². The number of benzene rings is 4. The maximum absolute atomic E-state index is 14.1. The Morgan fingerprint density at radius 1 is 0.831 bits per heavy atom. The minimum Gasteiger partial charge on any atom is -0.488 e. The molecule has 7 rings (SSSR count). The van der Waals surface area contributed by atoms with Crippen LogP contribution in [0.25, 0.3) is 11.1 Å². The van der Waals surface area contributed by atoms with Crippen molar-refractivity contribution in [2.24, 2.45) is 0 Å². The quantitative estimate of drug-likeness (QED) is 0.137. The Hall–Kier alpha value is -5.77. The van der Waals surface area contributed by atoms with Crippen LogP contribution in [0.1, 0.15) is 66.3 Å². The second-order valence-corrected chi connectivity index (χ2v) is 15.6. The third kappa shape index (κ3) is 10.3. The number of carboxylic acid groups (broad SMARTS) is 1. The molecule has 0 aliphatic carbocycles. The van der Waals surface area contributed by atoms with Gasteiger partial charge in [-0.15, -0.1) is 0 Å². The minimum atomic E-state index is -0.914. The van der Waals surface area contributed by atoms with E-state index in [2.05, 4.69) is 24.0 Å². The Kier molecular flexibility index (Phi) is 13.6. The summed E-state index contributed by atoms with van der Waals surface area (Å²) in [4.78, 5) is 43.4. The molecule has 308 valence electrons. The summed E-state index contributed by atoms with van der Waals surface area (Å²) in [7, 11) is 0. The summed E-state index contributed by atoms with van der Waals surface area (Å²) in [5.74, 6) is 1.55. The van der Waals surface area contributed by atoms with Gasteiger partial charge in [-0.2, -0.15) is 5.26 Å². The Bertz CT molecular complexity index is 2220. The third-order valence-electron chi connectivity index (χ3n) is 11.2. The summed E-state index contributed by atoms with van der Waals surface area (Å²) in [5, 5.41) is 18.8. The standard InChI is InChI=1S/C46H49ClN4O8/c1-31-35(9-5-10-37(31)34-14-15-40-43(25-34)57-22-21-56-40)30-59-42-26-41(58-29-33-8-4-7-32(23-33)27-48)36(24-38(42)47)28-51-16-3-2-11-39(51)46(55)50-19-17-49(18-20-50)44(52)12-6-13-45(53)54/h4-5,7-10,14-15,23-26,39H,2-3,6,11-13,16-22,28-30H2,1H3,(H,53,54). The molecule has 3 aliphatic rings. The Morgan fingerprint density at radius 3 is 2.39 bits per heavy atom. The number of carboxylic acids is 1. The number of nitriles is 1. The second-order valence-electron chi connectivity index (χ2n) is 15.2. The van der Waals surface area contributed by atoms with E-state index in [1.54, 1.807) is 17.0 Å². The summed E-state index contributed by atoms with van der Waals surface area (Å²) in [5.41, 5.74) is 6.32. The number of aliphatic carboxylic acids is 1. The second kappa shape index (κ2) is 19.3. The first kappa shape index (κ1) is 41.4. The number of nitrogens with zero attached hydrogens (tertiary/aromatic N) is 4. The van der Waals surface area contributed by atoms with Crippen molar-refractivity contribution in [1.82, 2.24) is 14.7 Å². The predicted molar refractivity (Wildman–Crippen MR) is 222 cm³/mol. The van der Waals surface area contributed by atoms with Crippen LogP contribution >= 0.6 is 11.6 Å². The van der Waals surface area contributed by atoms with E-state index in [1.807, 2.05) is 59.5 Å². The number of fused-ring (bicyclic) bond motifs is 1. The molecule has 2 saturated heterocycles. The van der Waals surface area contributed by atoms with Crippen molar-refractivity contribution in [3.8, 4) is 40.2 Å². The maximum Gasteiger partial charge on any atom is 0.303 e. The molecule has 2 fully saturated rings. The topological polar surface area (TPSA) is 142 Å². The number of hydrogen-bond acceptors (Lipinski definition) is 9. The normalized spacial score (nSPS) is 16.6. The molecule has 1 unspecified atom stereocenters. The first-order chi connectivity index (χ1) is 28.7. The van der Waals surface area contributed by atoms with Gasteiger partial charge in [0.25, 0.3) is 0 Å². The lowest BCUT2D eigenvalue weighted by atomic mass is 9.96. The maximum atomic E-state index is 14.1. The highest BCUT2D eigenvalue weighted by molar-refractivity contribution is 6.32. The van der Waals surface area contributed by atoms with Crippen LogP contribution in [0.4, 0.5) is 0 Å². The zero-order chi connectivity index (χ0) is 41.3. The van der Waals surface area contributed by atoms with E-state index in [4.69, 9.17) is 35.7 Å². The van der Waals surface area contributed by atoms with Crippen molar-refractivity contribution in [2.75, 3.05) is 45.9 Å². The van der Waals surface area contributed by atoms with Crippen LogP contribution in [-0.4, -0.2) is 89.6 Å². The fraction of sp³-hybridized carbons (Fsp3) is 0.391. The van der Waals surface area contributed by atoms with Crippen LogP contribution in [0.5, 0.6) is 23.0 Å². The Morgan fingerprint density at radius 2 is 1.59 bits per heavy atom. The summed E-state index contributed by atoms with van der Waals surface area (Å²) < 4.78 is 24.5. The fourth-order valence-corrected chi connectivity index (χ4v) is 8.21. The Balaban J connectivity index is 1.07. The van der Waals surface area contributed by atoms with Crippen molar-refractivity contribution < 1.29 is 38.4 Å². The van der Waals surface area contributed by atoms with Gasteiger partial charge in [-0.3, -0.25) is 19.3 Å². The van der Waals surface area contributed by atoms with Gasteiger partial charge >= 0.3 is 5.97 Å². The number of carbonyl (C=O) groups is 3. The predicted octanol–water partition coefficient (Wildman–Crippen LogP) is 7.40. The number of hydrogen-bond donors (Lipinski definition) is 1. The van der Waals surface area contributed by atoms with Gasteiger partial charge in [0, 0.05) is 57.2 Å². The van der Waals surface area contributed by atoms with E-state index in [1.165, 1.54) is 0 Å². The molecule has 13 heteroatoms. The van der Waals surface area contributed by atoms with E-state index in [9.17, 15) is 19.6 Å². The van der Waals surface area contributed by atoms with Crippen LogP contribution in [0.15, 0.2) is 72.8 Å². The summed E-state index contributed by atoms with van der Waals surface area (Å²) in [6, 6.07) is 24.9. The summed E-state index contributed by atoms with van der Waals surface area (Å²) in [6.45, 7) is 6.44. The van der Waals surface area contributed by atoms with E-state index in [0.717, 1.165) is 64.3 Å². The van der Waals surface area contributed by atoms with Gasteiger partial charge in [0.1, 0.15) is 37.9 Å². The molecular formula is C46H49ClN4O8. The molecule has 12 nitrogen and oxygen atoms in total. The number of carbonyl (C=O) groups excluding carboxylic acids is 2. The molecule has 4 aromatic carbocycles. The zero-order valence-corrected chi connectivity index (χ0v) is 34.0. The summed E-state index contributed by atoms with van der Waals surface area (Å²) >= 11 is 6.99. The highest BCUT2D eigenvalue weighted by atomic mass is 35.5. The molecule has 0 radical (unpaired) electrons. The van der Waals surface area contributed by atoms with Crippen LogP contribution in [-0.2, 0) is 34.1 Å². The average molecular weight is 821 g/mol. The van der Waals surface area contributed by atoms with Gasteiger partial charge in [-0.05, 0) is 90.9 Å². The summed E-state index contributed by atoms with van der Waals surface area (Å²) in [6.07, 6.45) is 3.03.